The lowest BCUT2D eigenvalue weighted by molar-refractivity contribution is 0.533. The quantitative estimate of drug-likeness (QED) is 0.741. The molecule has 15 heavy (non-hydrogen) atoms. The molecule has 3 rings (SSSR count). The standard InChI is InChI=1S/C11H14FN3/c12-10-1-11(5-14-4-10)15-6-8-2-13-3-9(8)7-15/h1,4-5,8-9,13H,2-3,6-7H2. The van der Waals surface area contributed by atoms with Crippen LogP contribution in [0.2, 0.25) is 0 Å². The zero-order valence-corrected chi connectivity index (χ0v) is 8.49. The second-order valence-electron chi connectivity index (χ2n) is 4.44. The highest BCUT2D eigenvalue weighted by Gasteiger charge is 2.36. The molecule has 1 aromatic heterocycles. The van der Waals surface area contributed by atoms with E-state index in [1.807, 2.05) is 0 Å². The summed E-state index contributed by atoms with van der Waals surface area (Å²) in [4.78, 5) is 6.13. The summed E-state index contributed by atoms with van der Waals surface area (Å²) < 4.78 is 13.0. The molecule has 1 N–H and O–H groups in total. The lowest BCUT2D eigenvalue weighted by Gasteiger charge is -2.18. The third kappa shape index (κ3) is 1.59. The summed E-state index contributed by atoms with van der Waals surface area (Å²) in [7, 11) is 0. The Hall–Kier alpha value is -1.16. The van der Waals surface area contributed by atoms with Gasteiger partial charge < -0.3 is 10.2 Å². The first-order valence-electron chi connectivity index (χ1n) is 5.39. The minimum atomic E-state index is -0.248. The second-order valence-corrected chi connectivity index (χ2v) is 4.44. The van der Waals surface area contributed by atoms with E-state index in [-0.39, 0.29) is 5.82 Å². The zero-order chi connectivity index (χ0) is 10.3. The molecule has 2 saturated heterocycles. The number of pyridine rings is 1. The molecule has 0 saturated carbocycles. The van der Waals surface area contributed by atoms with Crippen molar-refractivity contribution in [3.05, 3.63) is 24.3 Å². The predicted molar refractivity (Wildman–Crippen MR) is 56.3 cm³/mol. The molecular weight excluding hydrogens is 193 g/mol. The zero-order valence-electron chi connectivity index (χ0n) is 8.49. The number of nitrogens with zero attached hydrogens (tertiary/aromatic N) is 2. The van der Waals surface area contributed by atoms with Crippen molar-refractivity contribution in [2.75, 3.05) is 31.1 Å². The molecule has 0 radical (unpaired) electrons. The van der Waals surface area contributed by atoms with E-state index in [0.717, 1.165) is 43.7 Å². The van der Waals surface area contributed by atoms with E-state index >= 15 is 0 Å². The Morgan fingerprint density at radius 1 is 1.27 bits per heavy atom. The van der Waals surface area contributed by atoms with Crippen molar-refractivity contribution in [1.82, 2.24) is 10.3 Å². The Kier molecular flexibility index (Phi) is 2.09. The van der Waals surface area contributed by atoms with Crippen LogP contribution in [0.4, 0.5) is 10.1 Å². The maximum Gasteiger partial charge on any atom is 0.143 e. The van der Waals surface area contributed by atoms with Crippen LogP contribution in [0.5, 0.6) is 0 Å². The Bertz CT molecular complexity index is 357. The Morgan fingerprint density at radius 2 is 2.00 bits per heavy atom. The Balaban J connectivity index is 1.79. The summed E-state index contributed by atoms with van der Waals surface area (Å²) in [6.45, 7) is 4.26. The van der Waals surface area contributed by atoms with Gasteiger partial charge in [0.25, 0.3) is 0 Å². The van der Waals surface area contributed by atoms with Gasteiger partial charge in [-0.15, -0.1) is 0 Å². The van der Waals surface area contributed by atoms with Gasteiger partial charge >= 0.3 is 0 Å². The van der Waals surface area contributed by atoms with E-state index in [1.54, 1.807) is 12.3 Å². The van der Waals surface area contributed by atoms with Crippen LogP contribution in [-0.4, -0.2) is 31.2 Å². The van der Waals surface area contributed by atoms with Crippen molar-refractivity contribution in [1.29, 1.82) is 0 Å². The van der Waals surface area contributed by atoms with Crippen LogP contribution in [0.15, 0.2) is 18.5 Å². The highest BCUT2D eigenvalue weighted by atomic mass is 19.1. The molecule has 2 aliphatic heterocycles. The highest BCUT2D eigenvalue weighted by Crippen LogP contribution is 2.30. The molecule has 2 unspecified atom stereocenters. The lowest BCUT2D eigenvalue weighted by Crippen LogP contribution is -2.25. The van der Waals surface area contributed by atoms with Crippen LogP contribution in [0, 0.1) is 17.7 Å². The predicted octanol–water partition coefficient (Wildman–Crippen LogP) is 0.876. The summed E-state index contributed by atoms with van der Waals surface area (Å²) >= 11 is 0. The number of hydrogen-bond acceptors (Lipinski definition) is 3. The van der Waals surface area contributed by atoms with E-state index in [2.05, 4.69) is 15.2 Å². The number of halogens is 1. The van der Waals surface area contributed by atoms with Gasteiger partial charge in [0.15, 0.2) is 0 Å². The maximum atomic E-state index is 13.0. The molecule has 3 heterocycles. The van der Waals surface area contributed by atoms with Crippen LogP contribution >= 0.6 is 0 Å². The summed E-state index contributed by atoms with van der Waals surface area (Å²) in [5.41, 5.74) is 0.921. The average Bonchev–Trinajstić information content (AvgIpc) is 2.76. The van der Waals surface area contributed by atoms with Gasteiger partial charge in [-0.05, 0) is 11.8 Å². The molecule has 0 amide bonds. The van der Waals surface area contributed by atoms with Crippen molar-refractivity contribution in [3.8, 4) is 0 Å². The molecule has 80 valence electrons. The van der Waals surface area contributed by atoms with Gasteiger partial charge in [0.1, 0.15) is 5.82 Å². The van der Waals surface area contributed by atoms with E-state index in [9.17, 15) is 4.39 Å². The van der Waals surface area contributed by atoms with Gasteiger partial charge in [-0.25, -0.2) is 4.39 Å². The number of rotatable bonds is 1. The molecular formula is C11H14FN3. The van der Waals surface area contributed by atoms with E-state index in [1.165, 1.54) is 6.20 Å². The second kappa shape index (κ2) is 3.45. The van der Waals surface area contributed by atoms with Crippen molar-refractivity contribution >= 4 is 5.69 Å². The van der Waals surface area contributed by atoms with Crippen LogP contribution < -0.4 is 10.2 Å². The highest BCUT2D eigenvalue weighted by molar-refractivity contribution is 5.45. The van der Waals surface area contributed by atoms with Crippen LogP contribution in [0.3, 0.4) is 0 Å². The van der Waals surface area contributed by atoms with Gasteiger partial charge in [0, 0.05) is 32.2 Å². The summed E-state index contributed by atoms with van der Waals surface area (Å²) in [6, 6.07) is 1.57. The largest absolute Gasteiger partial charge is 0.370 e. The molecule has 0 aliphatic carbocycles. The van der Waals surface area contributed by atoms with E-state index in [4.69, 9.17) is 0 Å². The Labute approximate surface area is 88.3 Å². The van der Waals surface area contributed by atoms with Gasteiger partial charge in [-0.1, -0.05) is 0 Å². The fourth-order valence-corrected chi connectivity index (χ4v) is 2.64. The van der Waals surface area contributed by atoms with Gasteiger partial charge in [0.2, 0.25) is 0 Å². The van der Waals surface area contributed by atoms with Crippen molar-refractivity contribution in [3.63, 3.8) is 0 Å². The van der Waals surface area contributed by atoms with E-state index in [0.29, 0.717) is 0 Å². The number of aromatic nitrogens is 1. The van der Waals surface area contributed by atoms with Gasteiger partial charge in [-0.3, -0.25) is 4.98 Å². The lowest BCUT2D eigenvalue weighted by atomic mass is 10.0. The van der Waals surface area contributed by atoms with E-state index < -0.39 is 0 Å². The summed E-state index contributed by atoms with van der Waals surface area (Å²) in [6.07, 6.45) is 3.00. The Morgan fingerprint density at radius 3 is 2.67 bits per heavy atom. The van der Waals surface area contributed by atoms with Crippen molar-refractivity contribution < 1.29 is 4.39 Å². The van der Waals surface area contributed by atoms with Crippen LogP contribution in [0.25, 0.3) is 0 Å². The normalized spacial score (nSPS) is 29.5. The number of nitrogens with one attached hydrogen (secondary N) is 1. The number of fused-ring (bicyclic) bond motifs is 1. The summed E-state index contributed by atoms with van der Waals surface area (Å²) in [5, 5.41) is 3.39. The molecule has 0 bridgehead atoms. The first-order chi connectivity index (χ1) is 7.33. The maximum absolute atomic E-state index is 13.0. The van der Waals surface area contributed by atoms with Crippen molar-refractivity contribution in [2.45, 2.75) is 0 Å². The number of anilines is 1. The van der Waals surface area contributed by atoms with Crippen LogP contribution in [-0.2, 0) is 0 Å². The fourth-order valence-electron chi connectivity index (χ4n) is 2.64. The third-order valence-electron chi connectivity index (χ3n) is 3.45. The first kappa shape index (κ1) is 9.09. The smallest absolute Gasteiger partial charge is 0.143 e. The molecule has 2 aliphatic rings. The SMILES string of the molecule is Fc1cncc(N2CC3CNCC3C2)c1. The fraction of sp³-hybridized carbons (Fsp3) is 0.545. The topological polar surface area (TPSA) is 28.2 Å². The third-order valence-corrected chi connectivity index (χ3v) is 3.45. The van der Waals surface area contributed by atoms with Gasteiger partial charge in [-0.2, -0.15) is 0 Å². The monoisotopic (exact) mass is 207 g/mol. The minimum absolute atomic E-state index is 0.248. The molecule has 2 fully saturated rings. The minimum Gasteiger partial charge on any atom is -0.370 e. The average molecular weight is 207 g/mol. The first-order valence-corrected chi connectivity index (χ1v) is 5.39. The molecule has 4 heteroatoms. The summed E-state index contributed by atoms with van der Waals surface area (Å²) in [5.74, 6) is 1.21. The number of hydrogen-bond donors (Lipinski definition) is 1. The molecule has 3 nitrogen and oxygen atoms in total. The molecule has 0 aromatic carbocycles. The molecule has 2 atom stereocenters. The van der Waals surface area contributed by atoms with Crippen LogP contribution in [0.1, 0.15) is 0 Å². The molecule has 0 spiro atoms. The van der Waals surface area contributed by atoms with Crippen molar-refractivity contribution in [2.24, 2.45) is 11.8 Å². The van der Waals surface area contributed by atoms with Gasteiger partial charge in [0.05, 0.1) is 18.1 Å². The molecule has 1 aromatic rings.